The molecule has 128 valence electrons. The van der Waals surface area contributed by atoms with Gasteiger partial charge in [0, 0.05) is 18.4 Å². The molecule has 25 heavy (non-hydrogen) atoms. The van der Waals surface area contributed by atoms with Crippen molar-refractivity contribution >= 4 is 23.3 Å². The third-order valence-electron chi connectivity index (χ3n) is 4.51. The monoisotopic (exact) mass is 352 g/mol. The molecule has 0 amide bonds. The summed E-state index contributed by atoms with van der Waals surface area (Å²) in [4.78, 5) is 21.8. The number of ketones is 1. The van der Waals surface area contributed by atoms with E-state index in [1.807, 2.05) is 0 Å². The van der Waals surface area contributed by atoms with Crippen molar-refractivity contribution in [3.8, 4) is 0 Å². The quantitative estimate of drug-likeness (QED) is 0.668. The summed E-state index contributed by atoms with van der Waals surface area (Å²) in [7, 11) is 0. The Kier molecular flexibility index (Phi) is 4.29. The normalized spacial score (nSPS) is 17.0. The summed E-state index contributed by atoms with van der Waals surface area (Å²) in [6, 6.07) is 8.40. The fraction of sp³-hybridized carbons (Fsp3) is 0.368. The average Bonchev–Trinajstić information content (AvgIpc) is 3.00. The largest absolute Gasteiger partial charge is 0.294 e. The highest BCUT2D eigenvalue weighted by Gasteiger charge is 2.28. The van der Waals surface area contributed by atoms with Crippen LogP contribution in [0.3, 0.4) is 0 Å². The summed E-state index contributed by atoms with van der Waals surface area (Å²) in [5, 5.41) is 5.16. The molecule has 5 nitrogen and oxygen atoms in total. The second kappa shape index (κ2) is 6.59. The molecule has 0 aliphatic heterocycles. The smallest absolute Gasteiger partial charge is 0.253 e. The van der Waals surface area contributed by atoms with Gasteiger partial charge in [-0.3, -0.25) is 4.79 Å². The van der Waals surface area contributed by atoms with Crippen molar-refractivity contribution in [2.24, 2.45) is 0 Å². The van der Waals surface area contributed by atoms with E-state index in [4.69, 9.17) is 0 Å². The second-order valence-electron chi connectivity index (χ2n) is 6.53. The van der Waals surface area contributed by atoms with Gasteiger partial charge in [-0.2, -0.15) is 4.98 Å². The molecule has 1 atom stereocenters. The predicted octanol–water partition coefficient (Wildman–Crippen LogP) is 3.85. The lowest BCUT2D eigenvalue weighted by atomic mass is 9.82. The van der Waals surface area contributed by atoms with Gasteiger partial charge in [0.05, 0.1) is 11.3 Å². The van der Waals surface area contributed by atoms with E-state index in [1.54, 1.807) is 22.5 Å². The van der Waals surface area contributed by atoms with E-state index in [1.165, 1.54) is 11.1 Å². The molecular formula is C19H20N4OS. The number of nitrogens with zero attached hydrogens (tertiary/aromatic N) is 4. The van der Waals surface area contributed by atoms with Crippen LogP contribution in [0.5, 0.6) is 0 Å². The number of hydrogen-bond donors (Lipinski definition) is 0. The van der Waals surface area contributed by atoms with Crippen LogP contribution in [0.2, 0.25) is 0 Å². The van der Waals surface area contributed by atoms with Crippen LogP contribution in [0.1, 0.15) is 52.9 Å². The van der Waals surface area contributed by atoms with Gasteiger partial charge in [0.25, 0.3) is 5.78 Å². The molecule has 0 saturated carbocycles. The molecule has 1 aromatic carbocycles. The lowest BCUT2D eigenvalue weighted by Gasteiger charge is -2.23. The molecule has 4 rings (SSSR count). The third kappa shape index (κ3) is 3.18. The molecule has 0 saturated heterocycles. The van der Waals surface area contributed by atoms with Gasteiger partial charge in [-0.05, 0) is 31.2 Å². The van der Waals surface area contributed by atoms with Crippen LogP contribution in [0.25, 0.3) is 5.78 Å². The fourth-order valence-corrected chi connectivity index (χ4v) is 3.96. The van der Waals surface area contributed by atoms with Crippen LogP contribution in [-0.2, 0) is 6.42 Å². The molecular weight excluding hydrogens is 332 g/mol. The maximum Gasteiger partial charge on any atom is 0.253 e. The van der Waals surface area contributed by atoms with Crippen LogP contribution < -0.4 is 0 Å². The van der Waals surface area contributed by atoms with Gasteiger partial charge < -0.3 is 0 Å². The van der Waals surface area contributed by atoms with Crippen molar-refractivity contribution in [1.82, 2.24) is 19.6 Å². The molecule has 0 unspecified atom stereocenters. The molecule has 2 heterocycles. The highest BCUT2D eigenvalue weighted by Crippen LogP contribution is 2.32. The van der Waals surface area contributed by atoms with E-state index in [0.29, 0.717) is 17.8 Å². The zero-order chi connectivity index (χ0) is 17.4. The first kappa shape index (κ1) is 16.3. The standard InChI is InChI=1S/C19H20N4OS/c1-3-7-25-19-21-18-20-16-9-14(13-6-4-5-12(2)8-13)10-17(24)15(16)11-23(18)22-19/h4-6,8,11,14H,3,7,9-10H2,1-2H3/t14-/m1/s1. The number of rotatable bonds is 4. The number of thioether (sulfide) groups is 1. The minimum absolute atomic E-state index is 0.139. The second-order valence-corrected chi connectivity index (χ2v) is 7.59. The Morgan fingerprint density at radius 1 is 1.28 bits per heavy atom. The zero-order valence-corrected chi connectivity index (χ0v) is 15.2. The zero-order valence-electron chi connectivity index (χ0n) is 14.4. The molecule has 6 heteroatoms. The Balaban J connectivity index is 1.69. The molecule has 2 aromatic heterocycles. The number of carbonyl (C=O) groups is 1. The molecule has 0 bridgehead atoms. The van der Waals surface area contributed by atoms with E-state index >= 15 is 0 Å². The van der Waals surface area contributed by atoms with Gasteiger partial charge in [-0.1, -0.05) is 48.5 Å². The SMILES string of the molecule is CCCSc1nc2nc3c(cn2n1)C(=O)C[C@H](c1cccc(C)c1)C3. The first-order chi connectivity index (χ1) is 12.1. The van der Waals surface area contributed by atoms with Gasteiger partial charge in [-0.25, -0.2) is 9.50 Å². The number of Topliss-reactive ketones (excluding diaryl/α,β-unsaturated/α-hetero) is 1. The van der Waals surface area contributed by atoms with Gasteiger partial charge >= 0.3 is 0 Å². The highest BCUT2D eigenvalue weighted by molar-refractivity contribution is 7.99. The topological polar surface area (TPSA) is 60.1 Å². The van der Waals surface area contributed by atoms with E-state index in [-0.39, 0.29) is 11.7 Å². The maximum atomic E-state index is 12.7. The van der Waals surface area contributed by atoms with Crippen molar-refractivity contribution in [2.75, 3.05) is 5.75 Å². The van der Waals surface area contributed by atoms with Crippen LogP contribution in [0.15, 0.2) is 35.6 Å². The van der Waals surface area contributed by atoms with Crippen molar-refractivity contribution < 1.29 is 4.79 Å². The summed E-state index contributed by atoms with van der Waals surface area (Å²) in [5.41, 5.74) is 3.96. The first-order valence-corrected chi connectivity index (χ1v) is 9.61. The molecule has 0 N–H and O–H groups in total. The Labute approximate surface area is 150 Å². The summed E-state index contributed by atoms with van der Waals surface area (Å²) in [5.74, 6) is 1.88. The summed E-state index contributed by atoms with van der Waals surface area (Å²) in [6.45, 7) is 4.21. The Bertz CT molecular complexity index is 950. The van der Waals surface area contributed by atoms with Crippen molar-refractivity contribution in [1.29, 1.82) is 0 Å². The Morgan fingerprint density at radius 3 is 2.96 bits per heavy atom. The molecule has 0 spiro atoms. The van der Waals surface area contributed by atoms with Crippen LogP contribution in [0, 0.1) is 6.92 Å². The minimum Gasteiger partial charge on any atom is -0.294 e. The lowest BCUT2D eigenvalue weighted by molar-refractivity contribution is 0.0962. The van der Waals surface area contributed by atoms with E-state index in [2.05, 4.69) is 53.2 Å². The van der Waals surface area contributed by atoms with E-state index in [9.17, 15) is 4.79 Å². The molecule has 0 radical (unpaired) electrons. The highest BCUT2D eigenvalue weighted by atomic mass is 32.2. The van der Waals surface area contributed by atoms with Crippen molar-refractivity contribution in [3.63, 3.8) is 0 Å². The average molecular weight is 352 g/mol. The van der Waals surface area contributed by atoms with E-state index in [0.717, 1.165) is 29.4 Å². The fourth-order valence-electron chi connectivity index (χ4n) is 3.28. The number of fused-ring (bicyclic) bond motifs is 2. The van der Waals surface area contributed by atoms with Gasteiger partial charge in [0.2, 0.25) is 5.16 Å². The number of hydrogen-bond acceptors (Lipinski definition) is 5. The summed E-state index contributed by atoms with van der Waals surface area (Å²) >= 11 is 1.62. The Morgan fingerprint density at radius 2 is 2.16 bits per heavy atom. The first-order valence-electron chi connectivity index (χ1n) is 8.63. The lowest BCUT2D eigenvalue weighted by Crippen LogP contribution is -2.21. The van der Waals surface area contributed by atoms with Crippen LogP contribution in [-0.4, -0.2) is 31.1 Å². The minimum atomic E-state index is 0.139. The van der Waals surface area contributed by atoms with Gasteiger partial charge in [0.1, 0.15) is 0 Å². The molecule has 3 aromatic rings. The van der Waals surface area contributed by atoms with Crippen molar-refractivity contribution in [3.05, 3.63) is 52.8 Å². The summed E-state index contributed by atoms with van der Waals surface area (Å²) < 4.78 is 1.64. The van der Waals surface area contributed by atoms with Crippen LogP contribution in [0.4, 0.5) is 0 Å². The van der Waals surface area contributed by atoms with E-state index < -0.39 is 0 Å². The summed E-state index contributed by atoms with van der Waals surface area (Å²) in [6.07, 6.45) is 4.16. The van der Waals surface area contributed by atoms with Crippen molar-refractivity contribution in [2.45, 2.75) is 44.2 Å². The molecule has 0 fully saturated rings. The molecule has 1 aliphatic rings. The number of aryl methyl sites for hydroxylation is 1. The predicted molar refractivity (Wildman–Crippen MR) is 98.4 cm³/mol. The number of carbonyl (C=O) groups excluding carboxylic acids is 1. The number of benzene rings is 1. The maximum absolute atomic E-state index is 12.7. The number of aromatic nitrogens is 4. The molecule has 1 aliphatic carbocycles. The van der Waals surface area contributed by atoms with Crippen LogP contribution >= 0.6 is 11.8 Å². The third-order valence-corrected chi connectivity index (χ3v) is 5.56. The Hall–Kier alpha value is -2.21. The van der Waals surface area contributed by atoms with Gasteiger partial charge in [-0.15, -0.1) is 5.10 Å². The van der Waals surface area contributed by atoms with Gasteiger partial charge in [0.15, 0.2) is 5.78 Å².